The molecule has 140 valence electrons. The van der Waals surface area contributed by atoms with Crippen molar-refractivity contribution in [2.75, 3.05) is 27.0 Å². The van der Waals surface area contributed by atoms with Crippen LogP contribution in [-0.4, -0.2) is 54.1 Å². The Morgan fingerprint density at radius 1 is 1.17 bits per heavy atom. The van der Waals surface area contributed by atoms with Gasteiger partial charge in [-0.15, -0.1) is 0 Å². The van der Waals surface area contributed by atoms with Crippen LogP contribution in [0.15, 0.2) is 29.2 Å². The van der Waals surface area contributed by atoms with Gasteiger partial charge in [0.25, 0.3) is 0 Å². The lowest BCUT2D eigenvalue weighted by Crippen LogP contribution is -2.24. The number of hydrogen-bond acceptors (Lipinski definition) is 6. The maximum atomic E-state index is 11.1. The minimum absolute atomic E-state index is 0.0579. The molecule has 0 bridgehead atoms. The van der Waals surface area contributed by atoms with Crippen molar-refractivity contribution in [3.63, 3.8) is 0 Å². The lowest BCUT2D eigenvalue weighted by atomic mass is 10.2. The number of carbonyl (C=O) groups is 1. The number of esters is 1. The number of carbonyl (C=O) groups excluding carboxylic acids is 1. The van der Waals surface area contributed by atoms with Gasteiger partial charge in [0.1, 0.15) is 0 Å². The fourth-order valence-corrected chi connectivity index (χ4v) is 2.42. The summed E-state index contributed by atoms with van der Waals surface area (Å²) in [5.41, 5.74) is -0.0579. The van der Waals surface area contributed by atoms with Crippen molar-refractivity contribution in [2.45, 2.75) is 25.7 Å². The standard InChI is InChI=1S/C8H9NO4S.C4H11NO2S.C2H6/c1-13-8(10)6-4-2-3-5-7(6)14(9,11)12;1-4-5(2)8(3,6)7;1-2/h2-5H,1H3,(H2,9,11,12);4H2,1-3H3;1-2H3. The third-order valence-corrected chi connectivity index (χ3v) is 4.97. The molecule has 0 saturated carbocycles. The smallest absolute Gasteiger partial charge is 0.339 e. The molecule has 0 aliphatic heterocycles. The van der Waals surface area contributed by atoms with Crippen LogP contribution < -0.4 is 5.14 Å². The van der Waals surface area contributed by atoms with Crippen LogP contribution in [0.1, 0.15) is 31.1 Å². The third kappa shape index (κ3) is 8.96. The second-order valence-electron chi connectivity index (χ2n) is 4.21. The number of nitrogens with two attached hydrogens (primary N) is 1. The highest BCUT2D eigenvalue weighted by molar-refractivity contribution is 7.89. The fourth-order valence-electron chi connectivity index (χ4n) is 1.23. The molecule has 0 fully saturated rings. The molecule has 0 atom stereocenters. The molecular weight excluding hydrogens is 356 g/mol. The summed E-state index contributed by atoms with van der Waals surface area (Å²) in [7, 11) is -4.09. The van der Waals surface area contributed by atoms with Crippen LogP contribution in [0.3, 0.4) is 0 Å². The number of hydrogen-bond donors (Lipinski definition) is 1. The van der Waals surface area contributed by atoms with Crippen molar-refractivity contribution in [2.24, 2.45) is 5.14 Å². The van der Waals surface area contributed by atoms with Gasteiger partial charge in [0.15, 0.2) is 0 Å². The molecule has 1 rings (SSSR count). The van der Waals surface area contributed by atoms with E-state index >= 15 is 0 Å². The van der Waals surface area contributed by atoms with Gasteiger partial charge in [0, 0.05) is 13.6 Å². The van der Waals surface area contributed by atoms with E-state index in [0.29, 0.717) is 6.54 Å². The molecule has 0 aliphatic carbocycles. The first-order valence-electron chi connectivity index (χ1n) is 7.06. The van der Waals surface area contributed by atoms with Crippen molar-refractivity contribution in [1.29, 1.82) is 0 Å². The quantitative estimate of drug-likeness (QED) is 0.776. The Labute approximate surface area is 144 Å². The van der Waals surface area contributed by atoms with Crippen molar-refractivity contribution in [1.82, 2.24) is 4.31 Å². The minimum Gasteiger partial charge on any atom is -0.465 e. The maximum absolute atomic E-state index is 11.1. The van der Waals surface area contributed by atoms with Crippen molar-refractivity contribution >= 4 is 26.0 Å². The lowest BCUT2D eigenvalue weighted by molar-refractivity contribution is 0.0596. The number of ether oxygens (including phenoxy) is 1. The molecule has 0 aliphatic rings. The van der Waals surface area contributed by atoms with E-state index in [9.17, 15) is 21.6 Å². The van der Waals surface area contributed by atoms with Gasteiger partial charge in [-0.1, -0.05) is 32.9 Å². The molecule has 0 saturated heterocycles. The van der Waals surface area contributed by atoms with E-state index in [4.69, 9.17) is 5.14 Å². The predicted molar refractivity (Wildman–Crippen MR) is 93.7 cm³/mol. The minimum atomic E-state index is -3.89. The zero-order chi connectivity index (χ0) is 19.6. The van der Waals surface area contributed by atoms with E-state index in [1.54, 1.807) is 14.0 Å². The molecule has 0 heterocycles. The van der Waals surface area contributed by atoms with E-state index in [-0.39, 0.29) is 10.5 Å². The van der Waals surface area contributed by atoms with Gasteiger partial charge in [-0.3, -0.25) is 0 Å². The van der Waals surface area contributed by atoms with E-state index in [1.807, 2.05) is 13.8 Å². The van der Waals surface area contributed by atoms with Gasteiger partial charge in [-0.05, 0) is 12.1 Å². The van der Waals surface area contributed by atoms with Crippen molar-refractivity contribution in [3.8, 4) is 0 Å². The topological polar surface area (TPSA) is 124 Å². The molecule has 0 aromatic heterocycles. The Morgan fingerprint density at radius 3 is 1.92 bits per heavy atom. The summed E-state index contributed by atoms with van der Waals surface area (Å²) in [5, 5.41) is 4.91. The SMILES string of the molecule is CC.CCN(C)S(C)(=O)=O.COC(=O)c1ccccc1S(N)(=O)=O. The number of primary sulfonamides is 1. The van der Waals surface area contributed by atoms with Gasteiger partial charge in [0.05, 0.1) is 23.8 Å². The lowest BCUT2D eigenvalue weighted by Gasteiger charge is -2.08. The molecule has 10 heteroatoms. The van der Waals surface area contributed by atoms with Gasteiger partial charge in [-0.25, -0.2) is 31.1 Å². The summed E-state index contributed by atoms with van der Waals surface area (Å²) in [6, 6.07) is 5.60. The van der Waals surface area contributed by atoms with Crippen molar-refractivity contribution in [3.05, 3.63) is 29.8 Å². The van der Waals surface area contributed by atoms with E-state index in [1.165, 1.54) is 41.9 Å². The second kappa shape index (κ2) is 11.1. The van der Waals surface area contributed by atoms with Crippen LogP contribution in [0.4, 0.5) is 0 Å². The van der Waals surface area contributed by atoms with Crippen LogP contribution in [0, 0.1) is 0 Å². The number of sulfonamides is 2. The summed E-state index contributed by atoms with van der Waals surface area (Å²) in [4.78, 5) is 10.9. The zero-order valence-electron chi connectivity index (χ0n) is 14.8. The average Bonchev–Trinajstić information content (AvgIpc) is 2.54. The molecule has 2 N–H and O–H groups in total. The average molecular weight is 383 g/mol. The van der Waals surface area contributed by atoms with E-state index in [0.717, 1.165) is 0 Å². The Morgan fingerprint density at radius 2 is 1.62 bits per heavy atom. The summed E-state index contributed by atoms with van der Waals surface area (Å²) in [6.07, 6.45) is 1.19. The molecule has 8 nitrogen and oxygen atoms in total. The molecule has 0 amide bonds. The molecule has 0 spiro atoms. The van der Waals surface area contributed by atoms with Gasteiger partial charge in [-0.2, -0.15) is 0 Å². The van der Waals surface area contributed by atoms with Gasteiger partial charge in [0.2, 0.25) is 20.0 Å². The normalized spacial score (nSPS) is 10.8. The second-order valence-corrected chi connectivity index (χ2v) is 7.83. The third-order valence-electron chi connectivity index (χ3n) is 2.61. The highest BCUT2D eigenvalue weighted by Gasteiger charge is 2.18. The molecule has 24 heavy (non-hydrogen) atoms. The zero-order valence-corrected chi connectivity index (χ0v) is 16.4. The largest absolute Gasteiger partial charge is 0.465 e. The maximum Gasteiger partial charge on any atom is 0.339 e. The van der Waals surface area contributed by atoms with Crippen LogP contribution in [0.25, 0.3) is 0 Å². The molecule has 1 aromatic carbocycles. The van der Waals surface area contributed by atoms with Gasteiger partial charge >= 0.3 is 5.97 Å². The molecule has 1 aromatic rings. The van der Waals surface area contributed by atoms with Crippen LogP contribution in [0.2, 0.25) is 0 Å². The Bertz CT molecular complexity index is 715. The van der Waals surface area contributed by atoms with Crippen LogP contribution >= 0.6 is 0 Å². The van der Waals surface area contributed by atoms with Crippen LogP contribution in [0.5, 0.6) is 0 Å². The number of rotatable bonds is 4. The highest BCUT2D eigenvalue weighted by atomic mass is 32.2. The number of methoxy groups -OCH3 is 1. The summed E-state index contributed by atoms with van der Waals surface area (Å²) in [6.45, 7) is 6.33. The molecular formula is C14H26N2O6S2. The summed E-state index contributed by atoms with van der Waals surface area (Å²) < 4.78 is 48.8. The monoisotopic (exact) mass is 382 g/mol. The van der Waals surface area contributed by atoms with Crippen LogP contribution in [-0.2, 0) is 24.8 Å². The van der Waals surface area contributed by atoms with E-state index in [2.05, 4.69) is 4.74 Å². The fraction of sp³-hybridized carbons (Fsp3) is 0.500. The molecule has 0 unspecified atom stereocenters. The predicted octanol–water partition coefficient (Wildman–Crippen LogP) is 1.04. The summed E-state index contributed by atoms with van der Waals surface area (Å²) in [5.74, 6) is -0.727. The number of benzene rings is 1. The first kappa shape index (κ1) is 24.8. The first-order valence-corrected chi connectivity index (χ1v) is 10.5. The Hall–Kier alpha value is -1.49. The highest BCUT2D eigenvalue weighted by Crippen LogP contribution is 2.14. The number of nitrogens with zero attached hydrogens (tertiary/aromatic N) is 1. The molecule has 0 radical (unpaired) electrons. The summed E-state index contributed by atoms with van der Waals surface area (Å²) >= 11 is 0. The van der Waals surface area contributed by atoms with Gasteiger partial charge < -0.3 is 4.74 Å². The van der Waals surface area contributed by atoms with Crippen molar-refractivity contribution < 1.29 is 26.4 Å². The Balaban J connectivity index is 0. The van der Waals surface area contributed by atoms with E-state index < -0.39 is 26.0 Å². The first-order chi connectivity index (χ1) is 10.9. The Kier molecular flexibility index (Phi) is 11.5.